The van der Waals surface area contributed by atoms with Gasteiger partial charge < -0.3 is 4.74 Å². The van der Waals surface area contributed by atoms with Crippen molar-refractivity contribution in [3.8, 4) is 0 Å². The fourth-order valence-corrected chi connectivity index (χ4v) is 2.48. The summed E-state index contributed by atoms with van der Waals surface area (Å²) in [6.07, 6.45) is 0.700. The van der Waals surface area contributed by atoms with Crippen LogP contribution in [0.15, 0.2) is 48.5 Å². The average molecular weight is 307 g/mol. The van der Waals surface area contributed by atoms with Crippen LogP contribution in [0.5, 0.6) is 0 Å². The Kier molecular flexibility index (Phi) is 5.34. The van der Waals surface area contributed by atoms with Crippen LogP contribution in [0.3, 0.4) is 0 Å². The lowest BCUT2D eigenvalue weighted by molar-refractivity contribution is -0.145. The summed E-state index contributed by atoms with van der Waals surface area (Å²) in [5.74, 6) is -1.14. The van der Waals surface area contributed by atoms with Gasteiger partial charge in [0.15, 0.2) is 0 Å². The highest BCUT2D eigenvalue weighted by atomic mass is 35.5. The van der Waals surface area contributed by atoms with E-state index in [0.29, 0.717) is 17.0 Å². The van der Waals surface area contributed by atoms with Gasteiger partial charge in [0.05, 0.1) is 13.0 Å². The molecule has 2 rings (SSSR count). The minimum Gasteiger partial charge on any atom is -0.469 e. The Bertz CT molecular complexity index is 580. The molecule has 0 radical (unpaired) electrons. The van der Waals surface area contributed by atoms with Crippen molar-refractivity contribution in [2.75, 3.05) is 7.11 Å². The van der Waals surface area contributed by atoms with Gasteiger partial charge in [-0.3, -0.25) is 4.79 Å². The minimum absolute atomic E-state index is 0.282. The Morgan fingerprint density at radius 1 is 1.10 bits per heavy atom. The van der Waals surface area contributed by atoms with Gasteiger partial charge in [-0.2, -0.15) is 0 Å². The van der Waals surface area contributed by atoms with Gasteiger partial charge in [0.2, 0.25) is 0 Å². The predicted molar refractivity (Wildman–Crippen MR) is 80.8 cm³/mol. The molecule has 2 aromatic rings. The number of benzene rings is 2. The summed E-state index contributed by atoms with van der Waals surface area (Å²) in [5.41, 5.74) is 1.35. The summed E-state index contributed by atoms with van der Waals surface area (Å²) < 4.78 is 18.6. The number of carbonyl (C=O) groups excluding carboxylic acids is 1. The molecule has 110 valence electrons. The highest BCUT2D eigenvalue weighted by Crippen LogP contribution is 2.23. The van der Waals surface area contributed by atoms with Crippen LogP contribution in [-0.4, -0.2) is 13.1 Å². The molecule has 0 aliphatic heterocycles. The highest BCUT2D eigenvalue weighted by Gasteiger charge is 2.22. The largest absolute Gasteiger partial charge is 0.469 e. The van der Waals surface area contributed by atoms with E-state index in [1.165, 1.54) is 13.2 Å². The number of rotatable bonds is 5. The fraction of sp³-hybridized carbons (Fsp3) is 0.235. The molecule has 1 unspecified atom stereocenters. The maximum absolute atomic E-state index is 13.8. The molecule has 2 aromatic carbocycles. The summed E-state index contributed by atoms with van der Waals surface area (Å²) in [7, 11) is 1.34. The number of hydrogen-bond acceptors (Lipinski definition) is 2. The molecular weight excluding hydrogens is 291 g/mol. The maximum Gasteiger partial charge on any atom is 0.309 e. The molecule has 4 heteroatoms. The van der Waals surface area contributed by atoms with Gasteiger partial charge in [-0.05, 0) is 36.1 Å². The van der Waals surface area contributed by atoms with Gasteiger partial charge in [0.1, 0.15) is 5.82 Å². The van der Waals surface area contributed by atoms with Crippen LogP contribution in [0, 0.1) is 11.7 Å². The molecule has 0 aromatic heterocycles. The van der Waals surface area contributed by atoms with Gasteiger partial charge in [0.25, 0.3) is 0 Å². The summed E-state index contributed by atoms with van der Waals surface area (Å²) in [4.78, 5) is 12.0. The minimum atomic E-state index is -0.466. The standard InChI is InChI=1S/C17H16ClFO2/c1-21-17(20)14(10-12-6-2-4-8-15(12)18)11-13-7-3-5-9-16(13)19/h2-9,14H,10-11H2,1H3. The van der Waals surface area contributed by atoms with E-state index in [9.17, 15) is 9.18 Å². The Morgan fingerprint density at radius 3 is 2.29 bits per heavy atom. The van der Waals surface area contributed by atoms with Gasteiger partial charge in [-0.25, -0.2) is 4.39 Å². The van der Waals surface area contributed by atoms with E-state index in [1.807, 2.05) is 18.2 Å². The zero-order chi connectivity index (χ0) is 15.2. The van der Waals surface area contributed by atoms with Crippen molar-refractivity contribution in [1.29, 1.82) is 0 Å². The molecule has 1 atom stereocenters. The van der Waals surface area contributed by atoms with Crippen molar-refractivity contribution >= 4 is 17.6 Å². The topological polar surface area (TPSA) is 26.3 Å². The average Bonchev–Trinajstić information content (AvgIpc) is 2.50. The number of ether oxygens (including phenoxy) is 1. The molecule has 0 saturated heterocycles. The first-order chi connectivity index (χ1) is 10.1. The van der Waals surface area contributed by atoms with Crippen LogP contribution in [0.25, 0.3) is 0 Å². The van der Waals surface area contributed by atoms with Crippen molar-refractivity contribution in [2.45, 2.75) is 12.8 Å². The Labute approximate surface area is 128 Å². The summed E-state index contributed by atoms with van der Waals surface area (Å²) >= 11 is 6.12. The monoisotopic (exact) mass is 306 g/mol. The molecule has 0 amide bonds. The van der Waals surface area contributed by atoms with Gasteiger partial charge in [-0.1, -0.05) is 48.0 Å². The summed E-state index contributed by atoms with van der Waals surface area (Å²) in [6.45, 7) is 0. The van der Waals surface area contributed by atoms with Gasteiger partial charge >= 0.3 is 5.97 Å². The third kappa shape index (κ3) is 4.05. The molecule has 0 spiro atoms. The summed E-state index contributed by atoms with van der Waals surface area (Å²) in [5, 5.41) is 0.597. The zero-order valence-corrected chi connectivity index (χ0v) is 12.4. The van der Waals surface area contributed by atoms with Crippen LogP contribution in [0.1, 0.15) is 11.1 Å². The number of carbonyl (C=O) groups is 1. The molecule has 0 N–H and O–H groups in total. The number of hydrogen-bond donors (Lipinski definition) is 0. The molecule has 0 bridgehead atoms. The van der Waals surface area contributed by atoms with Crippen LogP contribution < -0.4 is 0 Å². The highest BCUT2D eigenvalue weighted by molar-refractivity contribution is 6.31. The Balaban J connectivity index is 2.22. The van der Waals surface area contributed by atoms with E-state index in [4.69, 9.17) is 16.3 Å². The maximum atomic E-state index is 13.8. The second kappa shape index (κ2) is 7.23. The molecule has 0 saturated carbocycles. The predicted octanol–water partition coefficient (Wildman–Crippen LogP) is 4.05. The van der Waals surface area contributed by atoms with Crippen molar-refractivity contribution in [1.82, 2.24) is 0 Å². The van der Waals surface area contributed by atoms with E-state index in [1.54, 1.807) is 24.3 Å². The lowest BCUT2D eigenvalue weighted by Crippen LogP contribution is -2.21. The van der Waals surface area contributed by atoms with E-state index >= 15 is 0 Å². The van der Waals surface area contributed by atoms with E-state index < -0.39 is 5.92 Å². The molecule has 0 aliphatic carbocycles. The van der Waals surface area contributed by atoms with Gasteiger partial charge in [-0.15, -0.1) is 0 Å². The SMILES string of the molecule is COC(=O)C(Cc1ccccc1F)Cc1ccccc1Cl. The number of methoxy groups -OCH3 is 1. The number of esters is 1. The van der Waals surface area contributed by atoms with E-state index in [2.05, 4.69) is 0 Å². The van der Waals surface area contributed by atoms with E-state index in [0.717, 1.165) is 5.56 Å². The first kappa shape index (κ1) is 15.5. The summed E-state index contributed by atoms with van der Waals surface area (Å²) in [6, 6.07) is 13.8. The lowest BCUT2D eigenvalue weighted by Gasteiger charge is -2.16. The lowest BCUT2D eigenvalue weighted by atomic mass is 9.92. The number of halogens is 2. The first-order valence-electron chi connectivity index (χ1n) is 6.66. The van der Waals surface area contributed by atoms with Crippen molar-refractivity contribution in [3.05, 3.63) is 70.5 Å². The molecule has 21 heavy (non-hydrogen) atoms. The third-order valence-electron chi connectivity index (χ3n) is 3.38. The Hall–Kier alpha value is -1.87. The van der Waals surface area contributed by atoms with Crippen molar-refractivity contribution in [2.24, 2.45) is 5.92 Å². The quantitative estimate of drug-likeness (QED) is 0.779. The Morgan fingerprint density at radius 2 is 1.67 bits per heavy atom. The molecule has 2 nitrogen and oxygen atoms in total. The fourth-order valence-electron chi connectivity index (χ4n) is 2.26. The van der Waals surface area contributed by atoms with Crippen LogP contribution >= 0.6 is 11.6 Å². The first-order valence-corrected chi connectivity index (χ1v) is 7.04. The normalized spacial score (nSPS) is 12.0. The molecule has 0 fully saturated rings. The van der Waals surface area contributed by atoms with Crippen molar-refractivity contribution in [3.63, 3.8) is 0 Å². The van der Waals surface area contributed by atoms with Crippen LogP contribution in [0.4, 0.5) is 4.39 Å². The van der Waals surface area contributed by atoms with Crippen LogP contribution in [-0.2, 0) is 22.4 Å². The molecule has 0 aliphatic rings. The zero-order valence-electron chi connectivity index (χ0n) is 11.7. The third-order valence-corrected chi connectivity index (χ3v) is 3.75. The van der Waals surface area contributed by atoms with E-state index in [-0.39, 0.29) is 18.2 Å². The van der Waals surface area contributed by atoms with Crippen molar-refractivity contribution < 1.29 is 13.9 Å². The molecular formula is C17H16ClFO2. The second-order valence-electron chi connectivity index (χ2n) is 4.81. The van der Waals surface area contributed by atoms with Crippen LogP contribution in [0.2, 0.25) is 5.02 Å². The van der Waals surface area contributed by atoms with Gasteiger partial charge in [0, 0.05) is 5.02 Å². The second-order valence-corrected chi connectivity index (χ2v) is 5.22. The smallest absolute Gasteiger partial charge is 0.309 e. The molecule has 0 heterocycles.